The van der Waals surface area contributed by atoms with Gasteiger partial charge in [0, 0.05) is 12.6 Å². The van der Waals surface area contributed by atoms with Crippen molar-refractivity contribution in [3.05, 3.63) is 12.7 Å². The zero-order valence-electron chi connectivity index (χ0n) is 8.96. The summed E-state index contributed by atoms with van der Waals surface area (Å²) >= 11 is 0. The predicted octanol–water partition coefficient (Wildman–Crippen LogP) is 1.62. The Morgan fingerprint density at radius 3 is 2.71 bits per heavy atom. The van der Waals surface area contributed by atoms with Crippen LogP contribution in [0.2, 0.25) is 0 Å². The monoisotopic (exact) mass is 199 g/mol. The first-order chi connectivity index (χ1) is 6.74. The molecule has 0 fully saturated rings. The summed E-state index contributed by atoms with van der Waals surface area (Å²) in [6.45, 7) is 5.66. The maximum Gasteiger partial charge on any atom is 0.243 e. The smallest absolute Gasteiger partial charge is 0.243 e. The van der Waals surface area contributed by atoms with Gasteiger partial charge in [0.15, 0.2) is 0 Å². The van der Waals surface area contributed by atoms with E-state index in [1.807, 2.05) is 0 Å². The lowest BCUT2D eigenvalue weighted by Gasteiger charge is -2.16. The van der Waals surface area contributed by atoms with Gasteiger partial charge in [0.05, 0.1) is 0 Å². The molecule has 2 N–H and O–H groups in total. The Morgan fingerprint density at radius 1 is 1.50 bits per heavy atom. The van der Waals surface area contributed by atoms with Crippen molar-refractivity contribution in [1.82, 2.24) is 5.32 Å². The van der Waals surface area contributed by atoms with Gasteiger partial charge in [-0.1, -0.05) is 32.8 Å². The zero-order valence-corrected chi connectivity index (χ0v) is 8.96. The fourth-order valence-corrected chi connectivity index (χ4v) is 1.35. The van der Waals surface area contributed by atoms with E-state index in [4.69, 9.17) is 5.11 Å². The number of aliphatic hydroxyl groups excluding tert-OH is 1. The fourth-order valence-electron chi connectivity index (χ4n) is 1.35. The van der Waals surface area contributed by atoms with Crippen LogP contribution < -0.4 is 5.32 Å². The van der Waals surface area contributed by atoms with Gasteiger partial charge in [-0.25, -0.2) is 0 Å². The minimum absolute atomic E-state index is 0.0945. The van der Waals surface area contributed by atoms with Crippen molar-refractivity contribution in [2.45, 2.75) is 45.1 Å². The van der Waals surface area contributed by atoms with Crippen molar-refractivity contribution in [1.29, 1.82) is 0 Å². The van der Waals surface area contributed by atoms with E-state index in [-0.39, 0.29) is 18.6 Å². The second-order valence-corrected chi connectivity index (χ2v) is 3.42. The van der Waals surface area contributed by atoms with Gasteiger partial charge in [-0.05, 0) is 18.9 Å². The van der Waals surface area contributed by atoms with E-state index in [2.05, 4.69) is 18.8 Å². The van der Waals surface area contributed by atoms with Crippen LogP contribution in [0.4, 0.5) is 0 Å². The summed E-state index contributed by atoms with van der Waals surface area (Å²) < 4.78 is 0. The minimum Gasteiger partial charge on any atom is -0.396 e. The van der Waals surface area contributed by atoms with E-state index in [1.165, 1.54) is 18.9 Å². The van der Waals surface area contributed by atoms with Crippen LogP contribution in [0.3, 0.4) is 0 Å². The first-order valence-corrected chi connectivity index (χ1v) is 5.28. The van der Waals surface area contributed by atoms with Crippen molar-refractivity contribution in [3.63, 3.8) is 0 Å². The summed E-state index contributed by atoms with van der Waals surface area (Å²) in [5, 5.41) is 11.6. The van der Waals surface area contributed by atoms with Crippen LogP contribution >= 0.6 is 0 Å². The van der Waals surface area contributed by atoms with Gasteiger partial charge in [-0.2, -0.15) is 0 Å². The first kappa shape index (κ1) is 13.2. The number of rotatable bonds is 8. The van der Waals surface area contributed by atoms with Crippen molar-refractivity contribution in [2.24, 2.45) is 0 Å². The van der Waals surface area contributed by atoms with Gasteiger partial charge >= 0.3 is 0 Å². The molecule has 0 aliphatic carbocycles. The number of unbranched alkanes of at least 4 members (excludes halogenated alkanes) is 2. The van der Waals surface area contributed by atoms with Gasteiger partial charge in [-0.3, -0.25) is 4.79 Å². The van der Waals surface area contributed by atoms with Gasteiger partial charge in [0.1, 0.15) is 0 Å². The first-order valence-electron chi connectivity index (χ1n) is 5.28. The molecule has 0 radical (unpaired) electrons. The maximum absolute atomic E-state index is 11.0. The van der Waals surface area contributed by atoms with E-state index in [0.717, 1.165) is 12.8 Å². The molecule has 0 aliphatic heterocycles. The van der Waals surface area contributed by atoms with E-state index >= 15 is 0 Å². The van der Waals surface area contributed by atoms with E-state index in [0.29, 0.717) is 6.42 Å². The third-order valence-electron chi connectivity index (χ3n) is 2.17. The summed E-state index contributed by atoms with van der Waals surface area (Å²) in [6.07, 6.45) is 6.27. The van der Waals surface area contributed by atoms with Crippen LogP contribution in [0.1, 0.15) is 39.0 Å². The van der Waals surface area contributed by atoms with Crippen LogP contribution in [-0.4, -0.2) is 23.7 Å². The average molecular weight is 199 g/mol. The molecule has 0 aromatic heterocycles. The summed E-state index contributed by atoms with van der Waals surface area (Å²) in [7, 11) is 0. The van der Waals surface area contributed by atoms with Crippen LogP contribution in [-0.2, 0) is 4.79 Å². The SMILES string of the molecule is C=CC(=O)NC(CCO)CCCCC. The molecule has 0 spiro atoms. The molecule has 82 valence electrons. The molecular weight excluding hydrogens is 178 g/mol. The number of hydrogen-bond donors (Lipinski definition) is 2. The minimum atomic E-state index is -0.153. The van der Waals surface area contributed by atoms with Crippen molar-refractivity contribution >= 4 is 5.91 Å². The van der Waals surface area contributed by atoms with Crippen LogP contribution in [0.15, 0.2) is 12.7 Å². The highest BCUT2D eigenvalue weighted by atomic mass is 16.3. The molecule has 3 heteroatoms. The summed E-state index contributed by atoms with van der Waals surface area (Å²) in [5.74, 6) is -0.153. The molecule has 0 aliphatic rings. The molecule has 1 unspecified atom stereocenters. The molecule has 3 nitrogen and oxygen atoms in total. The van der Waals surface area contributed by atoms with Crippen molar-refractivity contribution in [2.75, 3.05) is 6.61 Å². The summed E-state index contributed by atoms with van der Waals surface area (Å²) in [6, 6.07) is 0.0945. The molecule has 0 aromatic carbocycles. The number of carbonyl (C=O) groups excluding carboxylic acids is 1. The second kappa shape index (κ2) is 8.75. The van der Waals surface area contributed by atoms with Crippen LogP contribution in [0.25, 0.3) is 0 Å². The molecule has 0 saturated carbocycles. The largest absolute Gasteiger partial charge is 0.396 e. The molecule has 0 heterocycles. The number of nitrogens with one attached hydrogen (secondary N) is 1. The number of amides is 1. The van der Waals surface area contributed by atoms with E-state index in [1.54, 1.807) is 0 Å². The Morgan fingerprint density at radius 2 is 2.21 bits per heavy atom. The predicted molar refractivity (Wildman–Crippen MR) is 58.0 cm³/mol. The van der Waals surface area contributed by atoms with Crippen LogP contribution in [0.5, 0.6) is 0 Å². The lowest BCUT2D eigenvalue weighted by atomic mass is 10.1. The lowest BCUT2D eigenvalue weighted by molar-refractivity contribution is -0.117. The topological polar surface area (TPSA) is 49.3 Å². The molecule has 0 saturated heterocycles. The van der Waals surface area contributed by atoms with Gasteiger partial charge in [0.2, 0.25) is 5.91 Å². The van der Waals surface area contributed by atoms with Crippen molar-refractivity contribution in [3.8, 4) is 0 Å². The zero-order chi connectivity index (χ0) is 10.8. The highest BCUT2D eigenvalue weighted by Gasteiger charge is 2.08. The van der Waals surface area contributed by atoms with E-state index < -0.39 is 0 Å². The number of hydrogen-bond acceptors (Lipinski definition) is 2. The molecule has 1 atom stereocenters. The average Bonchev–Trinajstić information content (AvgIpc) is 2.18. The Labute approximate surface area is 86.2 Å². The lowest BCUT2D eigenvalue weighted by Crippen LogP contribution is -2.34. The Balaban J connectivity index is 3.76. The summed E-state index contributed by atoms with van der Waals surface area (Å²) in [5.41, 5.74) is 0. The Bertz CT molecular complexity index is 169. The highest BCUT2D eigenvalue weighted by Crippen LogP contribution is 2.06. The van der Waals surface area contributed by atoms with Crippen molar-refractivity contribution < 1.29 is 9.90 Å². The molecule has 1 amide bonds. The molecular formula is C11H21NO2. The van der Waals surface area contributed by atoms with Crippen LogP contribution in [0, 0.1) is 0 Å². The Kier molecular flexibility index (Phi) is 8.24. The number of aliphatic hydroxyl groups is 1. The normalized spacial score (nSPS) is 12.1. The molecule has 0 bridgehead atoms. The third kappa shape index (κ3) is 6.66. The Hall–Kier alpha value is -0.830. The number of carbonyl (C=O) groups is 1. The third-order valence-corrected chi connectivity index (χ3v) is 2.17. The van der Waals surface area contributed by atoms with Gasteiger partial charge in [0.25, 0.3) is 0 Å². The summed E-state index contributed by atoms with van der Waals surface area (Å²) in [4.78, 5) is 11.0. The highest BCUT2D eigenvalue weighted by molar-refractivity contribution is 5.87. The molecule has 0 rings (SSSR count). The maximum atomic E-state index is 11.0. The van der Waals surface area contributed by atoms with E-state index in [9.17, 15) is 4.79 Å². The standard InChI is InChI=1S/C11H21NO2/c1-3-5-6-7-10(8-9-13)12-11(14)4-2/h4,10,13H,2-3,5-9H2,1H3,(H,12,14). The van der Waals surface area contributed by atoms with Gasteiger partial charge in [-0.15, -0.1) is 0 Å². The van der Waals surface area contributed by atoms with Gasteiger partial charge < -0.3 is 10.4 Å². The fraction of sp³-hybridized carbons (Fsp3) is 0.727. The second-order valence-electron chi connectivity index (χ2n) is 3.42. The quantitative estimate of drug-likeness (QED) is 0.461. The molecule has 0 aromatic rings. The molecule has 14 heavy (non-hydrogen) atoms.